The molecule has 1 amide bonds. The smallest absolute Gasteiger partial charge is 0.409 e. The van der Waals surface area contributed by atoms with Crippen molar-refractivity contribution >= 4 is 12.1 Å². The SMILES string of the molecule is CCOC(=O)N1CCC(NC(N)=NCc2ccccc2Oc2ccccc2C)CC1. The summed E-state index contributed by atoms with van der Waals surface area (Å²) in [6.45, 7) is 5.95. The van der Waals surface area contributed by atoms with Gasteiger partial charge >= 0.3 is 6.09 Å². The van der Waals surface area contributed by atoms with Crippen LogP contribution in [-0.2, 0) is 11.3 Å². The topological polar surface area (TPSA) is 89.2 Å². The molecule has 0 atom stereocenters. The van der Waals surface area contributed by atoms with Gasteiger partial charge in [-0.3, -0.25) is 0 Å². The van der Waals surface area contributed by atoms with E-state index in [4.69, 9.17) is 15.2 Å². The minimum atomic E-state index is -0.247. The molecular formula is C23H30N4O3. The molecule has 1 aliphatic rings. The van der Waals surface area contributed by atoms with Crippen molar-refractivity contribution in [1.29, 1.82) is 0 Å². The third-order valence-electron chi connectivity index (χ3n) is 5.08. The van der Waals surface area contributed by atoms with Crippen LogP contribution in [0.25, 0.3) is 0 Å². The van der Waals surface area contributed by atoms with E-state index in [-0.39, 0.29) is 12.1 Å². The molecule has 1 heterocycles. The van der Waals surface area contributed by atoms with Gasteiger partial charge in [0.1, 0.15) is 11.5 Å². The molecule has 0 bridgehead atoms. The Hall–Kier alpha value is -3.22. The lowest BCUT2D eigenvalue weighted by Gasteiger charge is -2.31. The first-order chi connectivity index (χ1) is 14.6. The molecule has 2 aromatic rings. The zero-order valence-corrected chi connectivity index (χ0v) is 17.6. The first-order valence-electron chi connectivity index (χ1n) is 10.4. The van der Waals surface area contributed by atoms with Gasteiger partial charge in [-0.2, -0.15) is 0 Å². The number of amides is 1. The van der Waals surface area contributed by atoms with Gasteiger partial charge in [0.2, 0.25) is 0 Å². The number of carbonyl (C=O) groups is 1. The fourth-order valence-electron chi connectivity index (χ4n) is 3.37. The Bertz CT molecular complexity index is 876. The molecule has 30 heavy (non-hydrogen) atoms. The molecule has 1 fully saturated rings. The van der Waals surface area contributed by atoms with E-state index in [1.165, 1.54) is 0 Å². The molecular weight excluding hydrogens is 380 g/mol. The van der Waals surface area contributed by atoms with Crippen molar-refractivity contribution in [3.63, 3.8) is 0 Å². The first-order valence-corrected chi connectivity index (χ1v) is 10.4. The third kappa shape index (κ3) is 5.89. The number of nitrogens with zero attached hydrogens (tertiary/aromatic N) is 2. The number of rotatable bonds is 6. The number of benzene rings is 2. The van der Waals surface area contributed by atoms with E-state index in [0.717, 1.165) is 35.5 Å². The zero-order chi connectivity index (χ0) is 21.3. The lowest BCUT2D eigenvalue weighted by molar-refractivity contribution is 0.0963. The predicted molar refractivity (Wildman–Crippen MR) is 118 cm³/mol. The van der Waals surface area contributed by atoms with E-state index in [1.807, 2.05) is 62.4 Å². The van der Waals surface area contributed by atoms with Gasteiger partial charge in [-0.05, 0) is 44.4 Å². The lowest BCUT2D eigenvalue weighted by atomic mass is 10.1. The highest BCUT2D eigenvalue weighted by molar-refractivity contribution is 5.78. The molecule has 0 spiro atoms. The second kappa shape index (κ2) is 10.5. The van der Waals surface area contributed by atoms with Crippen LogP contribution < -0.4 is 15.8 Å². The quantitative estimate of drug-likeness (QED) is 0.558. The number of nitrogens with one attached hydrogen (secondary N) is 1. The Balaban J connectivity index is 1.55. The van der Waals surface area contributed by atoms with Crippen LogP contribution in [0.2, 0.25) is 0 Å². The fraction of sp³-hybridized carbons (Fsp3) is 0.391. The zero-order valence-electron chi connectivity index (χ0n) is 17.6. The maximum absolute atomic E-state index is 11.8. The number of guanidine groups is 1. The summed E-state index contributed by atoms with van der Waals surface area (Å²) in [6, 6.07) is 15.9. The number of ether oxygens (including phenoxy) is 2. The molecule has 7 heteroatoms. The number of carbonyl (C=O) groups excluding carboxylic acids is 1. The van der Waals surface area contributed by atoms with Gasteiger partial charge in [-0.15, -0.1) is 0 Å². The predicted octanol–water partition coefficient (Wildman–Crippen LogP) is 3.81. The number of aliphatic imine (C=N–C) groups is 1. The molecule has 3 rings (SSSR count). The van der Waals surface area contributed by atoms with Crippen LogP contribution in [0.4, 0.5) is 4.79 Å². The number of nitrogens with two attached hydrogens (primary N) is 1. The second-order valence-electron chi connectivity index (χ2n) is 7.28. The van der Waals surface area contributed by atoms with E-state index in [2.05, 4.69) is 10.3 Å². The number of likely N-dealkylation sites (tertiary alicyclic amines) is 1. The molecule has 0 unspecified atom stereocenters. The number of hydrogen-bond acceptors (Lipinski definition) is 4. The van der Waals surface area contributed by atoms with Gasteiger partial charge in [0, 0.05) is 24.7 Å². The summed E-state index contributed by atoms with van der Waals surface area (Å²) in [4.78, 5) is 18.0. The van der Waals surface area contributed by atoms with Crippen LogP contribution in [0.15, 0.2) is 53.5 Å². The van der Waals surface area contributed by atoms with Crippen molar-refractivity contribution in [3.05, 3.63) is 59.7 Å². The fourth-order valence-corrected chi connectivity index (χ4v) is 3.37. The summed E-state index contributed by atoms with van der Waals surface area (Å²) < 4.78 is 11.1. The van der Waals surface area contributed by atoms with Crippen LogP contribution in [0.3, 0.4) is 0 Å². The van der Waals surface area contributed by atoms with Gasteiger partial charge in [0.15, 0.2) is 5.96 Å². The number of aryl methyl sites for hydroxylation is 1. The Labute approximate surface area is 177 Å². The Morgan fingerprint density at radius 1 is 1.13 bits per heavy atom. The summed E-state index contributed by atoms with van der Waals surface area (Å²) >= 11 is 0. The summed E-state index contributed by atoms with van der Waals surface area (Å²) in [5.74, 6) is 2.00. The second-order valence-corrected chi connectivity index (χ2v) is 7.28. The average Bonchev–Trinajstić information content (AvgIpc) is 2.75. The van der Waals surface area contributed by atoms with Crippen molar-refractivity contribution in [3.8, 4) is 11.5 Å². The van der Waals surface area contributed by atoms with E-state index >= 15 is 0 Å². The van der Waals surface area contributed by atoms with Crippen LogP contribution in [0, 0.1) is 6.92 Å². The maximum atomic E-state index is 11.8. The van der Waals surface area contributed by atoms with Crippen molar-refractivity contribution < 1.29 is 14.3 Å². The Morgan fingerprint density at radius 2 is 1.80 bits per heavy atom. The lowest BCUT2D eigenvalue weighted by Crippen LogP contribution is -2.48. The van der Waals surface area contributed by atoms with Gasteiger partial charge < -0.3 is 25.4 Å². The van der Waals surface area contributed by atoms with Gasteiger partial charge in [-0.25, -0.2) is 9.79 Å². The van der Waals surface area contributed by atoms with E-state index in [9.17, 15) is 4.79 Å². The number of hydrogen-bond donors (Lipinski definition) is 2. The standard InChI is InChI=1S/C23H30N4O3/c1-3-29-23(28)27-14-12-19(13-15-27)26-22(24)25-16-18-9-5-7-11-21(18)30-20-10-6-4-8-17(20)2/h4-11,19H,3,12-16H2,1-2H3,(H3,24,25,26). The van der Waals surface area contributed by atoms with E-state index < -0.39 is 0 Å². The minimum Gasteiger partial charge on any atom is -0.457 e. The monoisotopic (exact) mass is 410 g/mol. The average molecular weight is 411 g/mol. The largest absolute Gasteiger partial charge is 0.457 e. The number of para-hydroxylation sites is 2. The molecule has 1 aliphatic heterocycles. The van der Waals surface area contributed by atoms with Crippen LogP contribution in [0.1, 0.15) is 30.9 Å². The molecule has 2 aromatic carbocycles. The molecule has 160 valence electrons. The van der Waals surface area contributed by atoms with Gasteiger partial charge in [0.25, 0.3) is 0 Å². The summed E-state index contributed by atoms with van der Waals surface area (Å²) in [5, 5.41) is 3.27. The highest BCUT2D eigenvalue weighted by Crippen LogP contribution is 2.28. The van der Waals surface area contributed by atoms with Crippen LogP contribution >= 0.6 is 0 Å². The highest BCUT2D eigenvalue weighted by atomic mass is 16.6. The molecule has 1 saturated heterocycles. The van der Waals surface area contributed by atoms with Crippen LogP contribution in [-0.4, -0.2) is 42.7 Å². The Kier molecular flexibility index (Phi) is 7.54. The Morgan fingerprint density at radius 3 is 2.50 bits per heavy atom. The molecule has 0 aromatic heterocycles. The minimum absolute atomic E-state index is 0.192. The summed E-state index contributed by atoms with van der Waals surface area (Å²) in [7, 11) is 0. The number of piperidine rings is 1. The summed E-state index contributed by atoms with van der Waals surface area (Å²) in [5.41, 5.74) is 8.15. The van der Waals surface area contributed by atoms with Crippen LogP contribution in [0.5, 0.6) is 11.5 Å². The molecule has 0 radical (unpaired) electrons. The molecule has 7 nitrogen and oxygen atoms in total. The molecule has 3 N–H and O–H groups in total. The first kappa shape index (κ1) is 21.5. The van der Waals surface area contributed by atoms with Gasteiger partial charge in [-0.1, -0.05) is 36.4 Å². The summed E-state index contributed by atoms with van der Waals surface area (Å²) in [6.07, 6.45) is 1.37. The normalized spacial score (nSPS) is 15.0. The van der Waals surface area contributed by atoms with E-state index in [0.29, 0.717) is 32.2 Å². The van der Waals surface area contributed by atoms with Crippen molar-refractivity contribution in [1.82, 2.24) is 10.2 Å². The van der Waals surface area contributed by atoms with Crippen molar-refractivity contribution in [2.24, 2.45) is 10.7 Å². The van der Waals surface area contributed by atoms with Gasteiger partial charge in [0.05, 0.1) is 13.2 Å². The third-order valence-corrected chi connectivity index (χ3v) is 5.08. The van der Waals surface area contributed by atoms with Crippen molar-refractivity contribution in [2.75, 3.05) is 19.7 Å². The van der Waals surface area contributed by atoms with Crippen molar-refractivity contribution in [2.45, 2.75) is 39.3 Å². The highest BCUT2D eigenvalue weighted by Gasteiger charge is 2.23. The van der Waals surface area contributed by atoms with E-state index in [1.54, 1.807) is 4.90 Å². The maximum Gasteiger partial charge on any atom is 0.409 e. The molecule has 0 saturated carbocycles. The molecule has 0 aliphatic carbocycles.